The Morgan fingerprint density at radius 3 is 0.963 bits per heavy atom. The van der Waals surface area contributed by atoms with Crippen LogP contribution in [0.3, 0.4) is 0 Å². The molecule has 0 saturated carbocycles. The molecule has 12 aromatic rings. The van der Waals surface area contributed by atoms with Crippen molar-refractivity contribution < 1.29 is 39.5 Å². The number of hydrogen-bond donors (Lipinski definition) is 1. The smallest absolute Gasteiger partial charge is 0.345 e. The maximum atomic E-state index is 13.8. The van der Waals surface area contributed by atoms with Crippen molar-refractivity contribution in [1.29, 1.82) is 0 Å². The minimum absolute atomic E-state index is 0.00426. The van der Waals surface area contributed by atoms with Gasteiger partial charge in [0.15, 0.2) is 0 Å². The highest BCUT2D eigenvalue weighted by Crippen LogP contribution is 2.47. The lowest BCUT2D eigenvalue weighted by Gasteiger charge is -2.38. The van der Waals surface area contributed by atoms with Crippen LogP contribution in [0.1, 0.15) is 50.1 Å². The molecule has 12 rings (SSSR count). The summed E-state index contributed by atoms with van der Waals surface area (Å²) in [6.07, 6.45) is -8.72. The number of nitrogens with zero attached hydrogens (tertiary/aromatic N) is 5. The van der Waals surface area contributed by atoms with Gasteiger partial charge in [-0.05, 0) is 69.8 Å². The van der Waals surface area contributed by atoms with Gasteiger partial charge in [-0.25, -0.2) is 15.0 Å². The zero-order valence-corrected chi connectivity index (χ0v) is 46.0. The van der Waals surface area contributed by atoms with Crippen LogP contribution in [0.5, 0.6) is 0 Å². The van der Waals surface area contributed by atoms with E-state index in [1.165, 1.54) is 30.6 Å². The number of hydrogen-bond acceptors (Lipinski definition) is 3. The first kappa shape index (κ1) is 55.5. The summed E-state index contributed by atoms with van der Waals surface area (Å²) in [7, 11) is 0. The highest BCUT2D eigenvalue weighted by Gasteiger charge is 2.43. The monoisotopic (exact) mass is 1280 g/mol. The van der Waals surface area contributed by atoms with Crippen LogP contribution in [0.4, 0.5) is 39.5 Å². The molecule has 9 aromatic carbocycles. The average molecular weight is 1280 g/mol. The quantitative estimate of drug-likeness (QED) is 0.122. The van der Waals surface area contributed by atoms with E-state index in [2.05, 4.69) is 67.7 Å². The number of alkyl halides is 9. The molecule has 18 heteroatoms. The molecule has 0 saturated heterocycles. The summed E-state index contributed by atoms with van der Waals surface area (Å²) in [5.74, 6) is 0. The fourth-order valence-corrected chi connectivity index (χ4v) is 11.8. The lowest BCUT2D eigenvalue weighted by molar-refractivity contribution is -0.138. The van der Waals surface area contributed by atoms with Gasteiger partial charge in [0.2, 0.25) is 0 Å². The van der Waals surface area contributed by atoms with Crippen molar-refractivity contribution in [3.8, 4) is 0 Å². The van der Waals surface area contributed by atoms with Crippen molar-refractivity contribution in [2.45, 2.75) is 29.6 Å². The van der Waals surface area contributed by atoms with Crippen LogP contribution in [0.2, 0.25) is 0 Å². The number of aromatic amines is 1. The molecule has 0 atom stereocenters. The Balaban J connectivity index is 0.000000146. The number of nitrogens with one attached hydrogen (secondary N) is 1. The van der Waals surface area contributed by atoms with E-state index in [1.807, 2.05) is 191 Å². The van der Waals surface area contributed by atoms with Crippen molar-refractivity contribution in [3.63, 3.8) is 0 Å². The molecule has 0 fully saturated rings. The second-order valence-electron chi connectivity index (χ2n) is 18.2. The molecule has 0 spiro atoms. The Bertz CT molecular complexity index is 3870. The van der Waals surface area contributed by atoms with Crippen LogP contribution in [0, 0.1) is 0 Å². The zero-order valence-electron chi connectivity index (χ0n) is 41.3. The van der Waals surface area contributed by atoms with Crippen LogP contribution in [-0.2, 0) is 29.6 Å². The second kappa shape index (κ2) is 22.4. The minimum atomic E-state index is -4.50. The Morgan fingerprint density at radius 1 is 0.325 bits per heavy atom. The van der Waals surface area contributed by atoms with Crippen molar-refractivity contribution >= 4 is 80.9 Å². The number of benzene rings is 9. The van der Waals surface area contributed by atoms with Gasteiger partial charge >= 0.3 is 18.5 Å². The molecule has 0 amide bonds. The molecule has 6 nitrogen and oxygen atoms in total. The van der Waals surface area contributed by atoms with Gasteiger partial charge in [0.25, 0.3) is 0 Å². The van der Waals surface area contributed by atoms with Crippen LogP contribution in [0.25, 0.3) is 33.1 Å². The average Bonchev–Trinajstić information content (AvgIpc) is 4.39. The van der Waals surface area contributed by atoms with Gasteiger partial charge in [-0.3, -0.25) is 0 Å². The van der Waals surface area contributed by atoms with E-state index in [4.69, 9.17) is 0 Å². The number of rotatable bonds is 8. The molecule has 402 valence electrons. The maximum absolute atomic E-state index is 13.8. The molecule has 0 unspecified atom stereocenters. The largest absolute Gasteiger partial charge is 0.417 e. The normalized spacial score (nSPS) is 12.2. The molecule has 0 radical (unpaired) electrons. The van der Waals surface area contributed by atoms with Gasteiger partial charge in [0.1, 0.15) is 11.1 Å². The standard InChI is InChI=1S/2C27H18BrF3N2.C8H4BrF3N2/c28-23-17-24-25(16-22(23)27(29,30)31)33(18-32-24)26(19-10-4-1-5-11-19,20-12-6-2-7-13-20)21-14-8-3-9-15-21;28-23-17-25-24(16-22(23)27(29,30)31)32-18-33(25)26(19-10-4-1-5-11-19,20-12-6-2-7-13-20)21-14-8-3-9-15-21;9-5-2-7-6(13-3-14-7)1-4(5)8(10,11)12/h2*1-18H;1-3H,(H,13,14). The molecule has 0 aliphatic heterocycles. The van der Waals surface area contributed by atoms with E-state index < -0.39 is 46.3 Å². The number of H-pyrrole nitrogens is 1. The summed E-state index contributed by atoms with van der Waals surface area (Å²) >= 11 is 9.09. The van der Waals surface area contributed by atoms with Crippen molar-refractivity contribution in [2.75, 3.05) is 0 Å². The summed E-state index contributed by atoms with van der Waals surface area (Å²) in [5, 5.41) is 0. The number of halogens is 12. The summed E-state index contributed by atoms with van der Waals surface area (Å²) < 4.78 is 123. The van der Waals surface area contributed by atoms with Gasteiger partial charge in [-0.15, -0.1) is 0 Å². The molecule has 0 aliphatic rings. The van der Waals surface area contributed by atoms with Crippen LogP contribution < -0.4 is 0 Å². The topological polar surface area (TPSA) is 64.3 Å². The van der Waals surface area contributed by atoms with Crippen molar-refractivity contribution in [3.05, 3.63) is 301 Å². The predicted molar refractivity (Wildman–Crippen MR) is 303 cm³/mol. The molecule has 3 aromatic heterocycles. The van der Waals surface area contributed by atoms with Crippen LogP contribution in [-0.4, -0.2) is 29.1 Å². The predicted octanol–water partition coefficient (Wildman–Crippen LogP) is 18.7. The van der Waals surface area contributed by atoms with Crippen molar-refractivity contribution in [1.82, 2.24) is 29.1 Å². The molecule has 0 aliphatic carbocycles. The second-order valence-corrected chi connectivity index (χ2v) is 20.8. The Hall–Kier alpha value is -7.80. The third-order valence-corrected chi connectivity index (χ3v) is 15.5. The molecular formula is C62H40Br3F9N6. The minimum Gasteiger partial charge on any atom is -0.345 e. The van der Waals surface area contributed by atoms with Gasteiger partial charge in [-0.1, -0.05) is 230 Å². The molecule has 80 heavy (non-hydrogen) atoms. The number of fused-ring (bicyclic) bond motifs is 3. The Labute approximate surface area is 477 Å². The highest BCUT2D eigenvalue weighted by atomic mass is 79.9. The van der Waals surface area contributed by atoms with Gasteiger partial charge in [0.05, 0.1) is 68.8 Å². The van der Waals surface area contributed by atoms with E-state index in [0.29, 0.717) is 27.6 Å². The third kappa shape index (κ3) is 10.6. The Morgan fingerprint density at radius 2 is 0.613 bits per heavy atom. The first-order valence-corrected chi connectivity index (χ1v) is 26.7. The molecular weight excluding hydrogens is 1240 g/mol. The van der Waals surface area contributed by atoms with Gasteiger partial charge in [0, 0.05) is 13.4 Å². The molecule has 3 heterocycles. The van der Waals surface area contributed by atoms with Gasteiger partial charge < -0.3 is 14.1 Å². The maximum Gasteiger partial charge on any atom is 0.417 e. The van der Waals surface area contributed by atoms with Crippen LogP contribution in [0.15, 0.2) is 251 Å². The van der Waals surface area contributed by atoms with Crippen LogP contribution >= 0.6 is 47.8 Å². The van der Waals surface area contributed by atoms with Gasteiger partial charge in [-0.2, -0.15) is 39.5 Å². The summed E-state index contributed by atoms with van der Waals surface area (Å²) in [6, 6.07) is 66.8. The highest BCUT2D eigenvalue weighted by molar-refractivity contribution is 9.11. The Kier molecular flexibility index (Phi) is 15.5. The lowest BCUT2D eigenvalue weighted by atomic mass is 9.76. The van der Waals surface area contributed by atoms with E-state index in [1.54, 1.807) is 12.7 Å². The molecule has 1 N–H and O–H groups in total. The lowest BCUT2D eigenvalue weighted by Crippen LogP contribution is -2.37. The number of imidazole rings is 3. The summed E-state index contributed by atoms with van der Waals surface area (Å²) in [4.78, 5) is 15.4. The first-order valence-electron chi connectivity index (χ1n) is 24.3. The number of aromatic nitrogens is 6. The first-order chi connectivity index (χ1) is 38.3. The van der Waals surface area contributed by atoms with E-state index in [-0.39, 0.29) is 18.9 Å². The summed E-state index contributed by atoms with van der Waals surface area (Å²) in [6.45, 7) is 0. The summed E-state index contributed by atoms with van der Waals surface area (Å²) in [5.41, 5.74) is 4.30. The van der Waals surface area contributed by atoms with E-state index in [0.717, 1.165) is 45.5 Å². The fourth-order valence-electron chi connectivity index (χ4n) is 10.1. The zero-order chi connectivity index (χ0) is 56.5. The SMILES string of the molecule is FC(F)(F)c1cc2[nH]cnc2cc1Br.FC(F)(F)c1cc2c(cc1Br)ncn2C(c1ccccc1)(c1ccccc1)c1ccccc1.FC(F)(F)c1cc2ncn(C(c3ccccc3)(c3ccccc3)c3ccccc3)c2cc1Br. The van der Waals surface area contributed by atoms with E-state index in [9.17, 15) is 39.5 Å². The fraction of sp³-hybridized carbons (Fsp3) is 0.0806. The van der Waals surface area contributed by atoms with E-state index >= 15 is 0 Å². The van der Waals surface area contributed by atoms with Crippen molar-refractivity contribution in [2.24, 2.45) is 0 Å². The molecule has 0 bridgehead atoms. The third-order valence-electron chi connectivity index (χ3n) is 13.6.